The van der Waals surface area contributed by atoms with Crippen LogP contribution in [0.5, 0.6) is 0 Å². The van der Waals surface area contributed by atoms with Gasteiger partial charge in [-0.15, -0.1) is 0 Å². The lowest BCUT2D eigenvalue weighted by molar-refractivity contribution is 0.343. The topological polar surface area (TPSA) is 16.1 Å². The van der Waals surface area contributed by atoms with Crippen LogP contribution < -0.4 is 0 Å². The van der Waals surface area contributed by atoms with Gasteiger partial charge in [-0.3, -0.25) is 9.88 Å². The van der Waals surface area contributed by atoms with Crippen LogP contribution in [-0.4, -0.2) is 23.5 Å². The van der Waals surface area contributed by atoms with E-state index >= 15 is 0 Å². The van der Waals surface area contributed by atoms with Crippen molar-refractivity contribution in [1.82, 2.24) is 9.88 Å². The lowest BCUT2D eigenvalue weighted by Crippen LogP contribution is -2.21. The van der Waals surface area contributed by atoms with Gasteiger partial charge in [0.15, 0.2) is 0 Å². The lowest BCUT2D eigenvalue weighted by Gasteiger charge is -2.20. The molecule has 3 heteroatoms. The predicted octanol–water partition coefficient (Wildman–Crippen LogP) is 3.96. The number of hydrogen-bond acceptors (Lipinski definition) is 2. The molecule has 0 saturated carbocycles. The molecule has 98 valence electrons. The van der Waals surface area contributed by atoms with Crippen molar-refractivity contribution in [3.05, 3.63) is 72.1 Å². The van der Waals surface area contributed by atoms with Crippen LogP contribution in [-0.2, 0) is 0 Å². The Hall–Kier alpha value is -1.64. The molecule has 1 aromatic carbocycles. The number of rotatable bonds is 5. The molecule has 1 unspecified atom stereocenters. The average molecular weight is 273 g/mol. The third-order valence-corrected chi connectivity index (χ3v) is 3.38. The van der Waals surface area contributed by atoms with Crippen molar-refractivity contribution in [2.24, 2.45) is 0 Å². The summed E-state index contributed by atoms with van der Waals surface area (Å²) in [6.45, 7) is 0.777. The van der Waals surface area contributed by atoms with E-state index in [1.54, 1.807) is 6.20 Å². The second-order valence-corrected chi connectivity index (χ2v) is 4.76. The van der Waals surface area contributed by atoms with Crippen LogP contribution >= 0.6 is 11.6 Å². The maximum atomic E-state index is 6.37. The lowest BCUT2D eigenvalue weighted by atomic mass is 10.2. The van der Waals surface area contributed by atoms with E-state index in [0.717, 1.165) is 12.2 Å². The number of halogens is 1. The normalized spacial score (nSPS) is 13.0. The Balaban J connectivity index is 1.91. The van der Waals surface area contributed by atoms with E-state index in [4.69, 9.17) is 11.6 Å². The monoisotopic (exact) mass is 272 g/mol. The van der Waals surface area contributed by atoms with Gasteiger partial charge in [-0.25, -0.2) is 0 Å². The van der Waals surface area contributed by atoms with Gasteiger partial charge in [0.05, 0.1) is 5.69 Å². The third kappa shape index (κ3) is 4.19. The fourth-order valence-corrected chi connectivity index (χ4v) is 1.96. The molecule has 2 rings (SSSR count). The van der Waals surface area contributed by atoms with Gasteiger partial charge in [0.2, 0.25) is 0 Å². The van der Waals surface area contributed by atoms with E-state index in [-0.39, 0.29) is 5.50 Å². The smallest absolute Gasteiger partial charge is 0.128 e. The van der Waals surface area contributed by atoms with Crippen LogP contribution in [0.15, 0.2) is 60.8 Å². The van der Waals surface area contributed by atoms with Gasteiger partial charge in [-0.05, 0) is 24.7 Å². The minimum Gasteiger partial charge on any atom is -0.282 e. The first-order valence-electron chi connectivity index (χ1n) is 6.24. The highest BCUT2D eigenvalue weighted by Crippen LogP contribution is 2.21. The van der Waals surface area contributed by atoms with E-state index < -0.39 is 0 Å². The molecule has 2 nitrogen and oxygen atoms in total. The molecular weight excluding hydrogens is 256 g/mol. The van der Waals surface area contributed by atoms with Gasteiger partial charge in [0.25, 0.3) is 0 Å². The van der Waals surface area contributed by atoms with Crippen molar-refractivity contribution in [3.8, 4) is 0 Å². The highest BCUT2D eigenvalue weighted by atomic mass is 35.5. The zero-order valence-corrected chi connectivity index (χ0v) is 11.7. The van der Waals surface area contributed by atoms with Gasteiger partial charge in [0.1, 0.15) is 5.50 Å². The summed E-state index contributed by atoms with van der Waals surface area (Å²) in [5.41, 5.74) is 1.86. The maximum Gasteiger partial charge on any atom is 0.128 e. The molecule has 1 aromatic heterocycles. The number of benzene rings is 1. The Labute approximate surface area is 119 Å². The molecule has 0 spiro atoms. The summed E-state index contributed by atoms with van der Waals surface area (Å²) >= 11 is 6.37. The molecule has 0 radical (unpaired) electrons. The molecule has 0 aliphatic heterocycles. The number of likely N-dealkylation sites (N-methyl/N-ethyl adjacent to an activating group) is 1. The van der Waals surface area contributed by atoms with E-state index in [0.29, 0.717) is 0 Å². The standard InChI is InChI=1S/C16H17ClN2/c1-19(16(17)15-11-5-6-12-18-15)13-7-10-14-8-3-2-4-9-14/h2-12,16H,13H2,1H3/b10-7+. The predicted molar refractivity (Wildman–Crippen MR) is 80.9 cm³/mol. The van der Waals surface area contributed by atoms with Crippen LogP contribution in [0.3, 0.4) is 0 Å². The quantitative estimate of drug-likeness (QED) is 0.605. The van der Waals surface area contributed by atoms with Crippen LogP contribution in [0.2, 0.25) is 0 Å². The number of aromatic nitrogens is 1. The van der Waals surface area contributed by atoms with E-state index in [2.05, 4.69) is 29.3 Å². The summed E-state index contributed by atoms with van der Waals surface area (Å²) < 4.78 is 0. The van der Waals surface area contributed by atoms with Crippen molar-refractivity contribution in [3.63, 3.8) is 0 Å². The fourth-order valence-electron chi connectivity index (χ4n) is 1.75. The molecule has 1 heterocycles. The fraction of sp³-hybridized carbons (Fsp3) is 0.188. The van der Waals surface area contributed by atoms with Gasteiger partial charge in [-0.1, -0.05) is 60.2 Å². The summed E-state index contributed by atoms with van der Waals surface area (Å²) in [5, 5.41) is 0. The molecule has 0 aliphatic rings. The molecule has 0 fully saturated rings. The first-order valence-corrected chi connectivity index (χ1v) is 6.68. The molecule has 0 bridgehead atoms. The van der Waals surface area contributed by atoms with Crippen LogP contribution in [0, 0.1) is 0 Å². The number of alkyl halides is 1. The van der Waals surface area contributed by atoms with E-state index in [1.165, 1.54) is 5.56 Å². The molecule has 2 aromatic rings. The summed E-state index contributed by atoms with van der Waals surface area (Å²) in [6.07, 6.45) is 5.96. The van der Waals surface area contributed by atoms with Crippen molar-refractivity contribution < 1.29 is 0 Å². The van der Waals surface area contributed by atoms with Crippen LogP contribution in [0.1, 0.15) is 16.8 Å². The first-order chi connectivity index (χ1) is 9.27. The van der Waals surface area contributed by atoms with E-state index in [1.807, 2.05) is 48.3 Å². The SMILES string of the molecule is CN(C/C=C/c1ccccc1)C(Cl)c1ccccn1. The zero-order valence-electron chi connectivity index (χ0n) is 10.9. The van der Waals surface area contributed by atoms with Crippen molar-refractivity contribution in [2.75, 3.05) is 13.6 Å². The molecule has 0 amide bonds. The Bertz CT molecular complexity index is 511. The summed E-state index contributed by atoms with van der Waals surface area (Å²) in [5.74, 6) is 0. The van der Waals surface area contributed by atoms with Crippen molar-refractivity contribution in [1.29, 1.82) is 0 Å². The van der Waals surface area contributed by atoms with Gasteiger partial charge >= 0.3 is 0 Å². The van der Waals surface area contributed by atoms with Gasteiger partial charge < -0.3 is 0 Å². The third-order valence-electron chi connectivity index (χ3n) is 2.82. The number of nitrogens with zero attached hydrogens (tertiary/aromatic N) is 2. The first kappa shape index (κ1) is 13.8. The minimum atomic E-state index is -0.207. The number of pyridine rings is 1. The summed E-state index contributed by atoms with van der Waals surface area (Å²) in [4.78, 5) is 6.31. The average Bonchev–Trinajstić information content (AvgIpc) is 2.48. The Kier molecular flexibility index (Phi) is 5.13. The van der Waals surface area contributed by atoms with Crippen molar-refractivity contribution in [2.45, 2.75) is 5.50 Å². The van der Waals surface area contributed by atoms with E-state index in [9.17, 15) is 0 Å². The molecule has 0 N–H and O–H groups in total. The molecule has 0 saturated heterocycles. The summed E-state index contributed by atoms with van der Waals surface area (Å²) in [6, 6.07) is 16.0. The summed E-state index contributed by atoms with van der Waals surface area (Å²) in [7, 11) is 1.99. The van der Waals surface area contributed by atoms with Crippen molar-refractivity contribution >= 4 is 17.7 Å². The zero-order chi connectivity index (χ0) is 13.5. The largest absolute Gasteiger partial charge is 0.282 e. The Morgan fingerprint density at radius 1 is 1.16 bits per heavy atom. The second kappa shape index (κ2) is 7.07. The molecular formula is C16H17ClN2. The highest BCUT2D eigenvalue weighted by Gasteiger charge is 2.12. The number of hydrogen-bond donors (Lipinski definition) is 0. The van der Waals surface area contributed by atoms with Gasteiger partial charge in [-0.2, -0.15) is 0 Å². The Morgan fingerprint density at radius 2 is 1.89 bits per heavy atom. The molecule has 19 heavy (non-hydrogen) atoms. The Morgan fingerprint density at radius 3 is 2.58 bits per heavy atom. The minimum absolute atomic E-state index is 0.207. The van der Waals surface area contributed by atoms with Crippen LogP contribution in [0.4, 0.5) is 0 Å². The van der Waals surface area contributed by atoms with Gasteiger partial charge in [0, 0.05) is 12.7 Å². The van der Waals surface area contributed by atoms with Crippen LogP contribution in [0.25, 0.3) is 6.08 Å². The molecule has 1 atom stereocenters. The maximum absolute atomic E-state index is 6.37. The highest BCUT2D eigenvalue weighted by molar-refractivity contribution is 6.20. The second-order valence-electron chi connectivity index (χ2n) is 4.34. The molecule has 0 aliphatic carbocycles.